The number of hydrogen-bond donors (Lipinski definition) is 1. The van der Waals surface area contributed by atoms with Crippen LogP contribution in [0.2, 0.25) is 0 Å². The minimum Gasteiger partial charge on any atom is -0.333 e. The Hall–Kier alpha value is -0.770. The topological polar surface area (TPSA) is 35.6 Å². The van der Waals surface area contributed by atoms with Crippen molar-refractivity contribution in [1.29, 1.82) is 0 Å². The Morgan fingerprint density at radius 3 is 1.96 bits per heavy atom. The molecule has 4 bridgehead atoms. The smallest absolute Gasteiger partial charge is 0.317 e. The summed E-state index contributed by atoms with van der Waals surface area (Å²) in [5, 5.41) is 3.58. The number of carbonyl (C=O) groups is 1. The van der Waals surface area contributed by atoms with Crippen molar-refractivity contribution >= 4 is 6.03 Å². The molecule has 28 heavy (non-hydrogen) atoms. The highest BCUT2D eigenvalue weighted by Gasteiger charge is 2.51. The molecule has 0 aromatic carbocycles. The van der Waals surface area contributed by atoms with Crippen molar-refractivity contribution in [2.45, 2.75) is 77.2 Å². The molecule has 158 valence electrons. The number of likely N-dealkylation sites (tertiary alicyclic amines) is 2. The minimum atomic E-state index is 0.156. The Bertz CT molecular complexity index is 537. The van der Waals surface area contributed by atoms with Gasteiger partial charge in [0.25, 0.3) is 0 Å². The van der Waals surface area contributed by atoms with Crippen molar-refractivity contribution < 1.29 is 4.79 Å². The maximum Gasteiger partial charge on any atom is 0.317 e. The molecule has 0 aromatic heterocycles. The van der Waals surface area contributed by atoms with E-state index in [4.69, 9.17) is 0 Å². The summed E-state index contributed by atoms with van der Waals surface area (Å²) in [7, 11) is 0. The van der Waals surface area contributed by atoms with Gasteiger partial charge in [-0.2, -0.15) is 0 Å². The number of nitrogens with zero attached hydrogens (tertiary/aromatic N) is 2. The van der Waals surface area contributed by atoms with Gasteiger partial charge in [0.2, 0.25) is 0 Å². The maximum atomic E-state index is 13.1. The first-order valence-electron chi connectivity index (χ1n) is 12.3. The Balaban J connectivity index is 1.11. The predicted molar refractivity (Wildman–Crippen MR) is 113 cm³/mol. The van der Waals surface area contributed by atoms with Gasteiger partial charge in [0.15, 0.2) is 0 Å². The van der Waals surface area contributed by atoms with Gasteiger partial charge in [0, 0.05) is 38.3 Å². The van der Waals surface area contributed by atoms with Crippen LogP contribution in [0, 0.1) is 35.5 Å². The summed E-state index contributed by atoms with van der Waals surface area (Å²) in [4.78, 5) is 17.9. The van der Waals surface area contributed by atoms with Crippen molar-refractivity contribution in [3.63, 3.8) is 0 Å². The van der Waals surface area contributed by atoms with Crippen LogP contribution in [-0.4, -0.2) is 54.1 Å². The van der Waals surface area contributed by atoms with Gasteiger partial charge in [0.05, 0.1) is 0 Å². The second-order valence-electron chi connectivity index (χ2n) is 11.7. The van der Waals surface area contributed by atoms with E-state index in [1.54, 1.807) is 0 Å². The Morgan fingerprint density at radius 1 is 0.893 bits per heavy atom. The first-order valence-corrected chi connectivity index (χ1v) is 12.3. The third-order valence-electron chi connectivity index (χ3n) is 8.77. The van der Waals surface area contributed by atoms with Crippen LogP contribution in [0.25, 0.3) is 0 Å². The van der Waals surface area contributed by atoms with E-state index < -0.39 is 0 Å². The molecule has 4 aliphatic carbocycles. The first-order chi connectivity index (χ1) is 13.5. The molecule has 2 saturated heterocycles. The van der Waals surface area contributed by atoms with Crippen LogP contribution in [0.3, 0.4) is 0 Å². The summed E-state index contributed by atoms with van der Waals surface area (Å²) in [6, 6.07) is 0.251. The number of hydrogen-bond acceptors (Lipinski definition) is 2. The molecule has 4 heteroatoms. The van der Waals surface area contributed by atoms with Crippen LogP contribution in [-0.2, 0) is 0 Å². The lowest BCUT2D eigenvalue weighted by Gasteiger charge is -2.57. The van der Waals surface area contributed by atoms with E-state index in [-0.39, 0.29) is 11.6 Å². The lowest BCUT2D eigenvalue weighted by Crippen LogP contribution is -2.62. The number of piperidine rings is 2. The molecule has 2 amide bonds. The van der Waals surface area contributed by atoms with Crippen molar-refractivity contribution in [2.24, 2.45) is 35.5 Å². The monoisotopic (exact) mass is 387 g/mol. The molecule has 0 aromatic rings. The van der Waals surface area contributed by atoms with E-state index in [9.17, 15) is 4.79 Å². The quantitative estimate of drug-likeness (QED) is 0.781. The Morgan fingerprint density at radius 2 is 1.43 bits per heavy atom. The highest BCUT2D eigenvalue weighted by Crippen LogP contribution is 2.55. The van der Waals surface area contributed by atoms with E-state index in [1.807, 2.05) is 0 Å². The number of nitrogens with one attached hydrogen (secondary N) is 1. The fourth-order valence-corrected chi connectivity index (χ4v) is 8.19. The fraction of sp³-hybridized carbons (Fsp3) is 0.958. The van der Waals surface area contributed by atoms with E-state index in [0.717, 1.165) is 48.6 Å². The van der Waals surface area contributed by atoms with Crippen molar-refractivity contribution in [3.8, 4) is 0 Å². The van der Waals surface area contributed by atoms with Crippen molar-refractivity contribution in [1.82, 2.24) is 15.1 Å². The molecule has 1 N–H and O–H groups in total. The number of carbonyl (C=O) groups excluding carboxylic acids is 1. The maximum absolute atomic E-state index is 13.1. The van der Waals surface area contributed by atoms with Crippen LogP contribution < -0.4 is 5.32 Å². The van der Waals surface area contributed by atoms with Gasteiger partial charge in [-0.05, 0) is 93.3 Å². The van der Waals surface area contributed by atoms with E-state index in [2.05, 4.69) is 29.0 Å². The third-order valence-corrected chi connectivity index (χ3v) is 8.77. The molecule has 4 nitrogen and oxygen atoms in total. The second kappa shape index (κ2) is 7.49. The van der Waals surface area contributed by atoms with E-state index in [1.165, 1.54) is 77.4 Å². The highest BCUT2D eigenvalue weighted by atomic mass is 16.2. The summed E-state index contributed by atoms with van der Waals surface area (Å²) in [6.07, 6.45) is 11.9. The molecular weight excluding hydrogens is 346 g/mol. The first kappa shape index (κ1) is 19.2. The zero-order valence-corrected chi connectivity index (χ0v) is 18.2. The molecule has 6 fully saturated rings. The zero-order chi connectivity index (χ0) is 19.3. The van der Waals surface area contributed by atoms with E-state index >= 15 is 0 Å². The standard InChI is InChI=1S/C24H41N3O/c1-17-7-18(2)15-26(14-17)16-19-3-5-27(6-4-19)23(28)25-24-11-20-8-21(12-24)10-22(9-20)13-24/h17-22H,3-16H2,1-2H3,(H,25,28). The lowest BCUT2D eigenvalue weighted by molar-refractivity contribution is -0.0163. The molecule has 2 unspecified atom stereocenters. The average molecular weight is 388 g/mol. The normalized spacial score (nSPS) is 44.1. The fourth-order valence-electron chi connectivity index (χ4n) is 8.19. The zero-order valence-electron chi connectivity index (χ0n) is 18.2. The molecule has 0 radical (unpaired) electrons. The van der Waals surface area contributed by atoms with Gasteiger partial charge < -0.3 is 15.1 Å². The third kappa shape index (κ3) is 3.95. The SMILES string of the molecule is CC1CC(C)CN(CC2CCN(C(=O)NC34CC5CC(CC(C5)C3)C4)CC2)C1. The van der Waals surface area contributed by atoms with Gasteiger partial charge in [-0.3, -0.25) is 0 Å². The summed E-state index contributed by atoms with van der Waals surface area (Å²) in [5.74, 6) is 5.15. The number of amides is 2. The molecule has 2 aliphatic heterocycles. The van der Waals surface area contributed by atoms with Gasteiger partial charge in [-0.1, -0.05) is 13.8 Å². The number of urea groups is 1. The lowest BCUT2D eigenvalue weighted by atomic mass is 9.53. The van der Waals surface area contributed by atoms with Crippen LogP contribution >= 0.6 is 0 Å². The summed E-state index contributed by atoms with van der Waals surface area (Å²) < 4.78 is 0. The molecule has 2 heterocycles. The van der Waals surface area contributed by atoms with Crippen molar-refractivity contribution in [2.75, 3.05) is 32.7 Å². The summed E-state index contributed by atoms with van der Waals surface area (Å²) in [6.45, 7) is 10.5. The van der Waals surface area contributed by atoms with Crippen LogP contribution in [0.15, 0.2) is 0 Å². The van der Waals surface area contributed by atoms with Crippen LogP contribution in [0.4, 0.5) is 4.79 Å². The van der Waals surface area contributed by atoms with Gasteiger partial charge in [0.1, 0.15) is 0 Å². The second-order valence-corrected chi connectivity index (χ2v) is 11.7. The summed E-state index contributed by atoms with van der Waals surface area (Å²) >= 11 is 0. The average Bonchev–Trinajstić information content (AvgIpc) is 2.59. The Labute approximate surface area is 171 Å². The predicted octanol–water partition coefficient (Wildman–Crippen LogP) is 4.35. The van der Waals surface area contributed by atoms with Gasteiger partial charge in [-0.25, -0.2) is 4.79 Å². The highest BCUT2D eigenvalue weighted by molar-refractivity contribution is 5.75. The molecule has 4 saturated carbocycles. The van der Waals surface area contributed by atoms with Gasteiger partial charge in [-0.15, -0.1) is 0 Å². The van der Waals surface area contributed by atoms with Crippen molar-refractivity contribution in [3.05, 3.63) is 0 Å². The molecular formula is C24H41N3O. The Kier molecular flexibility index (Phi) is 5.13. The molecule has 0 spiro atoms. The van der Waals surface area contributed by atoms with Crippen LogP contribution in [0.5, 0.6) is 0 Å². The van der Waals surface area contributed by atoms with E-state index in [0.29, 0.717) is 0 Å². The van der Waals surface area contributed by atoms with Gasteiger partial charge >= 0.3 is 6.03 Å². The number of rotatable bonds is 3. The molecule has 6 aliphatic rings. The summed E-state index contributed by atoms with van der Waals surface area (Å²) in [5.41, 5.74) is 0.156. The largest absolute Gasteiger partial charge is 0.333 e. The molecule has 2 atom stereocenters. The van der Waals surface area contributed by atoms with Crippen LogP contribution in [0.1, 0.15) is 71.6 Å². The minimum absolute atomic E-state index is 0.156. The molecule has 6 rings (SSSR count).